The lowest BCUT2D eigenvalue weighted by molar-refractivity contribution is -0.141. The number of H-pyrrole nitrogens is 1. The highest BCUT2D eigenvalue weighted by Gasteiger charge is 2.38. The van der Waals surface area contributed by atoms with Gasteiger partial charge in [-0.25, -0.2) is 15.0 Å². The van der Waals surface area contributed by atoms with E-state index in [1.54, 1.807) is 0 Å². The molecular formula is C10H8F3N5. The number of hydrogen-bond acceptors (Lipinski definition) is 4. The first-order valence-corrected chi connectivity index (χ1v) is 5.23. The smallest absolute Gasteiger partial charge is 0.342 e. The number of nitrogens with one attached hydrogen (secondary N) is 2. The highest BCUT2D eigenvalue weighted by Crippen LogP contribution is 2.34. The summed E-state index contributed by atoms with van der Waals surface area (Å²) in [4.78, 5) is 14.3. The summed E-state index contributed by atoms with van der Waals surface area (Å²) in [7, 11) is 0. The summed E-state index contributed by atoms with van der Waals surface area (Å²) in [5, 5.41) is 2.84. The van der Waals surface area contributed by atoms with Crippen LogP contribution in [-0.4, -0.2) is 19.9 Å². The Bertz CT molecular complexity index is 576. The molecule has 2 aromatic rings. The molecule has 0 bridgehead atoms. The predicted octanol–water partition coefficient (Wildman–Crippen LogP) is 1.49. The van der Waals surface area contributed by atoms with Crippen LogP contribution in [0.1, 0.15) is 17.0 Å². The van der Waals surface area contributed by atoms with Gasteiger partial charge in [0.15, 0.2) is 17.3 Å². The lowest BCUT2D eigenvalue weighted by Gasteiger charge is -2.11. The van der Waals surface area contributed by atoms with Crippen LogP contribution in [0.2, 0.25) is 0 Å². The van der Waals surface area contributed by atoms with Crippen molar-refractivity contribution in [2.24, 2.45) is 0 Å². The van der Waals surface area contributed by atoms with Crippen molar-refractivity contribution < 1.29 is 13.2 Å². The molecule has 0 aromatic carbocycles. The van der Waals surface area contributed by atoms with Crippen molar-refractivity contribution in [3.8, 4) is 11.6 Å². The second kappa shape index (κ2) is 3.77. The summed E-state index contributed by atoms with van der Waals surface area (Å²) < 4.78 is 38.7. The Morgan fingerprint density at radius 2 is 2.00 bits per heavy atom. The monoisotopic (exact) mass is 255 g/mol. The summed E-state index contributed by atoms with van der Waals surface area (Å²) in [5.74, 6) is 0.199. The van der Waals surface area contributed by atoms with E-state index in [1.165, 1.54) is 12.4 Å². The molecule has 0 amide bonds. The van der Waals surface area contributed by atoms with Gasteiger partial charge in [0.05, 0.1) is 5.69 Å². The summed E-state index contributed by atoms with van der Waals surface area (Å²) in [6.07, 6.45) is -1.53. The van der Waals surface area contributed by atoms with Crippen molar-refractivity contribution in [3.63, 3.8) is 0 Å². The molecular weight excluding hydrogens is 247 g/mol. The molecule has 0 atom stereocenters. The van der Waals surface area contributed by atoms with E-state index in [9.17, 15) is 13.2 Å². The van der Waals surface area contributed by atoms with Gasteiger partial charge in [-0.1, -0.05) is 0 Å². The normalized spacial score (nSPS) is 14.8. The minimum absolute atomic E-state index is 0.0326. The largest absolute Gasteiger partial charge is 0.433 e. The van der Waals surface area contributed by atoms with E-state index in [0.717, 1.165) is 0 Å². The van der Waals surface area contributed by atoms with Gasteiger partial charge in [-0.2, -0.15) is 13.2 Å². The molecule has 2 aromatic heterocycles. The van der Waals surface area contributed by atoms with Gasteiger partial charge in [0, 0.05) is 31.0 Å². The minimum Gasteiger partial charge on any atom is -0.342 e. The lowest BCUT2D eigenvalue weighted by atomic mass is 10.2. The number of alkyl halides is 3. The van der Waals surface area contributed by atoms with E-state index in [-0.39, 0.29) is 23.8 Å². The second-order valence-corrected chi connectivity index (χ2v) is 3.86. The van der Waals surface area contributed by atoms with Gasteiger partial charge < -0.3 is 10.3 Å². The Kier molecular flexibility index (Phi) is 2.34. The Balaban J connectivity index is 2.20. The number of hydrogen-bond donors (Lipinski definition) is 2. The number of aromatic nitrogens is 4. The SMILES string of the molecule is FC(F)(F)c1nc(-c2ncc[nH]2)nc2c1CNC2. The van der Waals surface area contributed by atoms with Crippen LogP contribution in [0.25, 0.3) is 11.6 Å². The number of halogens is 3. The maximum atomic E-state index is 12.9. The van der Waals surface area contributed by atoms with Crippen LogP contribution in [0.5, 0.6) is 0 Å². The molecule has 1 aliphatic heterocycles. The minimum atomic E-state index is -4.49. The van der Waals surface area contributed by atoms with Gasteiger partial charge in [-0.05, 0) is 0 Å². The average molecular weight is 255 g/mol. The number of aromatic amines is 1. The zero-order valence-corrected chi connectivity index (χ0v) is 9.04. The molecule has 8 heteroatoms. The summed E-state index contributed by atoms with van der Waals surface area (Å²) in [6, 6.07) is 0. The van der Waals surface area contributed by atoms with E-state index in [2.05, 4.69) is 25.3 Å². The molecule has 0 saturated carbocycles. The Hall–Kier alpha value is -1.96. The topological polar surface area (TPSA) is 66.5 Å². The van der Waals surface area contributed by atoms with E-state index >= 15 is 0 Å². The van der Waals surface area contributed by atoms with Crippen LogP contribution in [0.15, 0.2) is 12.4 Å². The van der Waals surface area contributed by atoms with Gasteiger partial charge in [-0.15, -0.1) is 0 Å². The fourth-order valence-electron chi connectivity index (χ4n) is 1.90. The van der Waals surface area contributed by atoms with Crippen molar-refractivity contribution in [2.75, 3.05) is 0 Å². The maximum absolute atomic E-state index is 12.9. The molecule has 3 heterocycles. The highest BCUT2D eigenvalue weighted by molar-refractivity contribution is 5.46. The lowest BCUT2D eigenvalue weighted by Crippen LogP contribution is -2.14. The molecule has 0 fully saturated rings. The maximum Gasteiger partial charge on any atom is 0.433 e. The Morgan fingerprint density at radius 3 is 2.67 bits per heavy atom. The summed E-state index contributed by atoms with van der Waals surface area (Å²) in [5.41, 5.74) is -0.384. The van der Waals surface area contributed by atoms with Crippen LogP contribution >= 0.6 is 0 Å². The van der Waals surface area contributed by atoms with Crippen LogP contribution in [0.3, 0.4) is 0 Å². The summed E-state index contributed by atoms with van der Waals surface area (Å²) >= 11 is 0. The van der Waals surface area contributed by atoms with E-state index in [4.69, 9.17) is 0 Å². The van der Waals surface area contributed by atoms with Gasteiger partial charge in [-0.3, -0.25) is 0 Å². The quantitative estimate of drug-likeness (QED) is 0.810. The molecule has 1 aliphatic rings. The molecule has 3 rings (SSSR count). The van der Waals surface area contributed by atoms with Crippen LogP contribution in [-0.2, 0) is 19.3 Å². The number of imidazole rings is 1. The zero-order chi connectivity index (χ0) is 12.8. The van der Waals surface area contributed by atoms with E-state index in [0.29, 0.717) is 12.2 Å². The molecule has 5 nitrogen and oxygen atoms in total. The van der Waals surface area contributed by atoms with Gasteiger partial charge in [0.1, 0.15) is 0 Å². The average Bonchev–Trinajstić information content (AvgIpc) is 2.97. The number of fused-ring (bicyclic) bond motifs is 1. The van der Waals surface area contributed by atoms with Gasteiger partial charge >= 0.3 is 6.18 Å². The zero-order valence-electron chi connectivity index (χ0n) is 9.04. The second-order valence-electron chi connectivity index (χ2n) is 3.86. The van der Waals surface area contributed by atoms with Gasteiger partial charge in [0.25, 0.3) is 0 Å². The molecule has 18 heavy (non-hydrogen) atoms. The third-order valence-electron chi connectivity index (χ3n) is 2.67. The van der Waals surface area contributed by atoms with Crippen molar-refractivity contribution >= 4 is 0 Å². The predicted molar refractivity (Wildman–Crippen MR) is 55.2 cm³/mol. The van der Waals surface area contributed by atoms with E-state index in [1.807, 2.05) is 0 Å². The molecule has 0 saturated heterocycles. The van der Waals surface area contributed by atoms with Crippen LogP contribution in [0.4, 0.5) is 13.2 Å². The van der Waals surface area contributed by atoms with Crippen LogP contribution < -0.4 is 5.32 Å². The van der Waals surface area contributed by atoms with E-state index < -0.39 is 11.9 Å². The van der Waals surface area contributed by atoms with Crippen LogP contribution in [0, 0.1) is 0 Å². The highest BCUT2D eigenvalue weighted by atomic mass is 19.4. The fraction of sp³-hybridized carbons (Fsp3) is 0.300. The van der Waals surface area contributed by atoms with Crippen molar-refractivity contribution in [2.45, 2.75) is 19.3 Å². The molecule has 0 radical (unpaired) electrons. The van der Waals surface area contributed by atoms with Gasteiger partial charge in [0.2, 0.25) is 0 Å². The summed E-state index contributed by atoms with van der Waals surface area (Å²) in [6.45, 7) is 0.456. The first-order chi connectivity index (χ1) is 8.55. The Labute approximate surface area is 99.5 Å². The molecule has 94 valence electrons. The first kappa shape index (κ1) is 11.1. The Morgan fingerprint density at radius 1 is 1.17 bits per heavy atom. The number of nitrogens with zero attached hydrogens (tertiary/aromatic N) is 3. The van der Waals surface area contributed by atoms with Crippen molar-refractivity contribution in [1.82, 2.24) is 25.3 Å². The third kappa shape index (κ3) is 1.74. The molecule has 0 unspecified atom stereocenters. The first-order valence-electron chi connectivity index (χ1n) is 5.23. The standard InChI is InChI=1S/C10H8F3N5/c11-10(12,13)7-5-3-14-4-6(5)17-9(18-7)8-15-1-2-16-8/h1-2,14H,3-4H2,(H,15,16). The molecule has 0 spiro atoms. The third-order valence-corrected chi connectivity index (χ3v) is 2.67. The van der Waals surface area contributed by atoms with Crippen molar-refractivity contribution in [1.29, 1.82) is 0 Å². The van der Waals surface area contributed by atoms with Crippen molar-refractivity contribution in [3.05, 3.63) is 29.3 Å². The molecule has 0 aliphatic carbocycles. The number of rotatable bonds is 1. The molecule has 2 N–H and O–H groups in total. The fourth-order valence-corrected chi connectivity index (χ4v) is 1.90.